The van der Waals surface area contributed by atoms with Gasteiger partial charge in [-0.15, -0.1) is 0 Å². The van der Waals surface area contributed by atoms with E-state index in [2.05, 4.69) is 0 Å². The SMILES string of the molecule is COc1ccc([N+](=O)[O-])cc1S(=O)(=O)N1CCC[C@H]1CO. The number of hydrogen-bond acceptors (Lipinski definition) is 6. The van der Waals surface area contributed by atoms with Gasteiger partial charge in [-0.05, 0) is 18.9 Å². The van der Waals surface area contributed by atoms with Crippen LogP contribution in [0.1, 0.15) is 12.8 Å². The van der Waals surface area contributed by atoms with Gasteiger partial charge in [0, 0.05) is 24.7 Å². The van der Waals surface area contributed by atoms with E-state index >= 15 is 0 Å². The van der Waals surface area contributed by atoms with Crippen molar-refractivity contribution in [3.8, 4) is 5.75 Å². The second-order valence-electron chi connectivity index (χ2n) is 4.69. The second-order valence-corrected chi connectivity index (χ2v) is 6.55. The molecule has 1 atom stereocenters. The summed E-state index contributed by atoms with van der Waals surface area (Å²) in [5.74, 6) is 0.0455. The van der Waals surface area contributed by atoms with Crippen molar-refractivity contribution in [1.82, 2.24) is 4.31 Å². The molecule has 1 fully saturated rings. The highest BCUT2D eigenvalue weighted by Crippen LogP contribution is 2.33. The lowest BCUT2D eigenvalue weighted by Gasteiger charge is -2.23. The Bertz CT molecular complexity index is 645. The van der Waals surface area contributed by atoms with Crippen molar-refractivity contribution >= 4 is 15.7 Å². The number of rotatable bonds is 5. The van der Waals surface area contributed by atoms with Crippen molar-refractivity contribution in [3.05, 3.63) is 28.3 Å². The number of sulfonamides is 1. The molecule has 0 bridgehead atoms. The van der Waals surface area contributed by atoms with Crippen molar-refractivity contribution in [2.24, 2.45) is 0 Å². The number of nitrogens with zero attached hydrogens (tertiary/aromatic N) is 2. The minimum absolute atomic E-state index is 0.0455. The highest BCUT2D eigenvalue weighted by molar-refractivity contribution is 7.89. The van der Waals surface area contributed by atoms with Crippen molar-refractivity contribution in [3.63, 3.8) is 0 Å². The standard InChI is InChI=1S/C12H16N2O6S/c1-20-11-5-4-9(14(16)17)7-12(11)21(18,19)13-6-2-3-10(13)8-15/h4-5,7,10,15H,2-3,6,8H2,1H3/t10-/m0/s1. The van der Waals surface area contributed by atoms with E-state index in [0.29, 0.717) is 12.8 Å². The average Bonchev–Trinajstić information content (AvgIpc) is 2.95. The van der Waals surface area contributed by atoms with E-state index in [1.54, 1.807) is 0 Å². The molecule has 0 radical (unpaired) electrons. The predicted molar refractivity (Wildman–Crippen MR) is 73.6 cm³/mol. The van der Waals surface area contributed by atoms with Crippen LogP contribution in [0.2, 0.25) is 0 Å². The summed E-state index contributed by atoms with van der Waals surface area (Å²) < 4.78 is 31.5. The summed E-state index contributed by atoms with van der Waals surface area (Å²) in [6, 6.07) is 2.93. The lowest BCUT2D eigenvalue weighted by Crippen LogP contribution is -2.37. The maximum absolute atomic E-state index is 12.7. The van der Waals surface area contributed by atoms with Crippen LogP contribution >= 0.6 is 0 Å². The Hall–Kier alpha value is -1.71. The molecule has 1 saturated heterocycles. The molecule has 2 rings (SSSR count). The van der Waals surface area contributed by atoms with Gasteiger partial charge in [0.05, 0.1) is 18.6 Å². The number of nitro benzene ring substituents is 1. The van der Waals surface area contributed by atoms with Crippen LogP contribution < -0.4 is 4.74 Å². The molecule has 1 heterocycles. The maximum Gasteiger partial charge on any atom is 0.271 e. The van der Waals surface area contributed by atoms with Crippen LogP contribution in [-0.4, -0.2) is 49.1 Å². The van der Waals surface area contributed by atoms with Gasteiger partial charge >= 0.3 is 0 Å². The molecule has 0 aliphatic carbocycles. The largest absolute Gasteiger partial charge is 0.495 e. The van der Waals surface area contributed by atoms with Crippen LogP contribution in [0.4, 0.5) is 5.69 Å². The number of aliphatic hydroxyl groups is 1. The van der Waals surface area contributed by atoms with E-state index in [4.69, 9.17) is 4.74 Å². The lowest BCUT2D eigenvalue weighted by atomic mass is 10.2. The molecule has 21 heavy (non-hydrogen) atoms. The van der Waals surface area contributed by atoms with E-state index in [1.807, 2.05) is 0 Å². The fourth-order valence-corrected chi connectivity index (χ4v) is 4.28. The quantitative estimate of drug-likeness (QED) is 0.634. The molecule has 116 valence electrons. The zero-order valence-corrected chi connectivity index (χ0v) is 12.2. The Balaban J connectivity index is 2.52. The molecule has 0 amide bonds. The van der Waals surface area contributed by atoms with E-state index in [9.17, 15) is 23.6 Å². The first kappa shape index (κ1) is 15.7. The van der Waals surface area contributed by atoms with Gasteiger partial charge in [0.2, 0.25) is 10.0 Å². The van der Waals surface area contributed by atoms with Gasteiger partial charge in [0.25, 0.3) is 5.69 Å². The van der Waals surface area contributed by atoms with E-state index in [0.717, 1.165) is 6.07 Å². The normalized spacial score (nSPS) is 19.6. The highest BCUT2D eigenvalue weighted by atomic mass is 32.2. The van der Waals surface area contributed by atoms with Crippen molar-refractivity contribution < 1.29 is 23.2 Å². The molecule has 8 nitrogen and oxygen atoms in total. The Morgan fingerprint density at radius 3 is 2.81 bits per heavy atom. The van der Waals surface area contributed by atoms with Gasteiger partial charge in [-0.25, -0.2) is 8.42 Å². The van der Waals surface area contributed by atoms with Crippen LogP contribution in [0.5, 0.6) is 5.75 Å². The summed E-state index contributed by atoms with van der Waals surface area (Å²) in [6.45, 7) is -0.00409. The van der Waals surface area contributed by atoms with E-state index in [1.165, 1.54) is 23.5 Å². The molecule has 0 unspecified atom stereocenters. The highest BCUT2D eigenvalue weighted by Gasteiger charge is 2.37. The van der Waals surface area contributed by atoms with Gasteiger partial charge < -0.3 is 9.84 Å². The molecule has 1 N–H and O–H groups in total. The predicted octanol–water partition coefficient (Wildman–Crippen LogP) is 0.749. The van der Waals surface area contributed by atoms with Crippen molar-refractivity contribution in [1.29, 1.82) is 0 Å². The molecular weight excluding hydrogens is 300 g/mol. The third kappa shape index (κ3) is 2.85. The van der Waals surface area contributed by atoms with Crippen LogP contribution in [0.25, 0.3) is 0 Å². The maximum atomic E-state index is 12.7. The van der Waals surface area contributed by atoms with Crippen LogP contribution in [0.15, 0.2) is 23.1 Å². The van der Waals surface area contributed by atoms with E-state index < -0.39 is 21.0 Å². The summed E-state index contributed by atoms with van der Waals surface area (Å²) in [5, 5.41) is 20.1. The Morgan fingerprint density at radius 1 is 1.52 bits per heavy atom. The molecule has 1 aliphatic heterocycles. The van der Waals surface area contributed by atoms with Crippen LogP contribution in [-0.2, 0) is 10.0 Å². The Kier molecular flexibility index (Phi) is 4.45. The van der Waals surface area contributed by atoms with Gasteiger partial charge in [0.15, 0.2) is 0 Å². The number of nitro groups is 1. The van der Waals surface area contributed by atoms with Crippen LogP contribution in [0, 0.1) is 10.1 Å². The number of non-ortho nitro benzene ring substituents is 1. The molecule has 1 aliphatic rings. The Morgan fingerprint density at radius 2 is 2.24 bits per heavy atom. The summed E-state index contributed by atoms with van der Waals surface area (Å²) in [4.78, 5) is 9.93. The topological polar surface area (TPSA) is 110 Å². The Labute approximate surface area is 122 Å². The molecule has 1 aromatic carbocycles. The van der Waals surface area contributed by atoms with Crippen molar-refractivity contribution in [2.45, 2.75) is 23.8 Å². The number of ether oxygens (including phenoxy) is 1. The zero-order chi connectivity index (χ0) is 15.6. The third-order valence-corrected chi connectivity index (χ3v) is 5.45. The minimum Gasteiger partial charge on any atom is -0.495 e. The molecular formula is C12H16N2O6S. The third-order valence-electron chi connectivity index (χ3n) is 3.48. The first-order valence-corrected chi connectivity index (χ1v) is 7.81. The number of aliphatic hydroxyl groups excluding tert-OH is 1. The summed E-state index contributed by atoms with van der Waals surface area (Å²) in [6.07, 6.45) is 1.20. The number of methoxy groups -OCH3 is 1. The van der Waals surface area contributed by atoms with E-state index in [-0.39, 0.29) is 29.5 Å². The van der Waals surface area contributed by atoms with Gasteiger partial charge in [0.1, 0.15) is 10.6 Å². The van der Waals surface area contributed by atoms with Gasteiger partial charge in [-0.1, -0.05) is 0 Å². The lowest BCUT2D eigenvalue weighted by molar-refractivity contribution is -0.385. The fraction of sp³-hybridized carbons (Fsp3) is 0.500. The summed E-state index contributed by atoms with van der Waals surface area (Å²) >= 11 is 0. The first-order valence-electron chi connectivity index (χ1n) is 6.37. The van der Waals surface area contributed by atoms with Crippen molar-refractivity contribution in [2.75, 3.05) is 20.3 Å². The molecule has 1 aromatic rings. The smallest absolute Gasteiger partial charge is 0.271 e. The summed E-state index contributed by atoms with van der Waals surface area (Å²) in [7, 11) is -2.66. The molecule has 0 aromatic heterocycles. The molecule has 9 heteroatoms. The summed E-state index contributed by atoms with van der Waals surface area (Å²) in [5.41, 5.74) is -0.325. The van der Waals surface area contributed by atoms with Gasteiger partial charge in [-0.2, -0.15) is 4.31 Å². The first-order chi connectivity index (χ1) is 9.91. The zero-order valence-electron chi connectivity index (χ0n) is 11.4. The second kappa shape index (κ2) is 5.96. The van der Waals surface area contributed by atoms with Gasteiger partial charge in [-0.3, -0.25) is 10.1 Å². The molecule has 0 saturated carbocycles. The van der Waals surface area contributed by atoms with Crippen LogP contribution in [0.3, 0.4) is 0 Å². The number of hydrogen-bond donors (Lipinski definition) is 1. The molecule has 0 spiro atoms. The minimum atomic E-state index is -3.95. The fourth-order valence-electron chi connectivity index (χ4n) is 2.41. The monoisotopic (exact) mass is 316 g/mol. The average molecular weight is 316 g/mol. The number of benzene rings is 1.